The van der Waals surface area contributed by atoms with Crippen LogP contribution in [0.1, 0.15) is 6.92 Å². The molecule has 0 saturated heterocycles. The van der Waals surface area contributed by atoms with Crippen molar-refractivity contribution in [3.05, 3.63) is 54.3 Å². The zero-order valence-electron chi connectivity index (χ0n) is 11.0. The highest BCUT2D eigenvalue weighted by Gasteiger charge is 2.07. The molecular formula is C15H16N2O2. The number of carbonyl (C=O) groups is 1. The maximum atomic E-state index is 11.4. The van der Waals surface area contributed by atoms with Crippen molar-refractivity contribution in [1.82, 2.24) is 0 Å². The summed E-state index contributed by atoms with van der Waals surface area (Å²) < 4.78 is 4.76. The zero-order valence-corrected chi connectivity index (χ0v) is 11.0. The van der Waals surface area contributed by atoms with E-state index in [4.69, 9.17) is 10.00 Å². The van der Waals surface area contributed by atoms with Gasteiger partial charge >= 0.3 is 5.97 Å². The second-order valence-electron chi connectivity index (χ2n) is 3.70. The second-order valence-corrected chi connectivity index (χ2v) is 3.70. The summed E-state index contributed by atoms with van der Waals surface area (Å²) in [5.74, 6) is -0.600. The Morgan fingerprint density at radius 3 is 2.68 bits per heavy atom. The summed E-state index contributed by atoms with van der Waals surface area (Å²) in [5.41, 5.74) is 1.00. The molecule has 4 nitrogen and oxygen atoms in total. The molecule has 0 atom stereocenters. The van der Waals surface area contributed by atoms with Crippen LogP contribution in [-0.2, 0) is 9.53 Å². The van der Waals surface area contributed by atoms with E-state index in [9.17, 15) is 4.79 Å². The van der Waals surface area contributed by atoms with Gasteiger partial charge in [-0.1, -0.05) is 18.2 Å². The number of nitriles is 1. The lowest BCUT2D eigenvalue weighted by Gasteiger charge is -2.12. The SMILES string of the molecule is CCOC(=O)/C(C#N)=C/C=C/N(C)c1ccccc1. The van der Waals surface area contributed by atoms with Crippen LogP contribution in [-0.4, -0.2) is 19.6 Å². The smallest absolute Gasteiger partial charge is 0.348 e. The monoisotopic (exact) mass is 256 g/mol. The van der Waals surface area contributed by atoms with Crippen LogP contribution in [0, 0.1) is 11.3 Å². The molecule has 19 heavy (non-hydrogen) atoms. The Labute approximate surface area is 113 Å². The van der Waals surface area contributed by atoms with Crippen molar-refractivity contribution in [2.24, 2.45) is 0 Å². The largest absolute Gasteiger partial charge is 0.462 e. The number of anilines is 1. The number of hydrogen-bond acceptors (Lipinski definition) is 4. The van der Waals surface area contributed by atoms with Crippen molar-refractivity contribution in [2.75, 3.05) is 18.6 Å². The van der Waals surface area contributed by atoms with Crippen molar-refractivity contribution >= 4 is 11.7 Å². The molecule has 0 aliphatic heterocycles. The first kappa shape index (κ1) is 14.5. The minimum Gasteiger partial charge on any atom is -0.462 e. The third-order valence-electron chi connectivity index (χ3n) is 2.35. The number of ether oxygens (including phenoxy) is 1. The predicted octanol–water partition coefficient (Wildman–Crippen LogP) is 2.65. The van der Waals surface area contributed by atoms with E-state index in [1.165, 1.54) is 6.08 Å². The maximum Gasteiger partial charge on any atom is 0.348 e. The molecule has 0 aromatic heterocycles. The lowest BCUT2D eigenvalue weighted by atomic mass is 10.2. The van der Waals surface area contributed by atoms with Gasteiger partial charge < -0.3 is 9.64 Å². The fourth-order valence-electron chi connectivity index (χ4n) is 1.38. The number of carbonyl (C=O) groups excluding carboxylic acids is 1. The van der Waals surface area contributed by atoms with Crippen molar-refractivity contribution in [3.8, 4) is 6.07 Å². The molecule has 0 saturated carbocycles. The topological polar surface area (TPSA) is 53.3 Å². The Morgan fingerprint density at radius 1 is 1.42 bits per heavy atom. The lowest BCUT2D eigenvalue weighted by Crippen LogP contribution is -2.08. The van der Waals surface area contributed by atoms with Crippen molar-refractivity contribution in [3.63, 3.8) is 0 Å². The molecule has 0 spiro atoms. The van der Waals surface area contributed by atoms with Crippen molar-refractivity contribution < 1.29 is 9.53 Å². The molecule has 4 heteroatoms. The summed E-state index contributed by atoms with van der Waals surface area (Å²) in [4.78, 5) is 13.2. The number of para-hydroxylation sites is 1. The van der Waals surface area contributed by atoms with Gasteiger partial charge in [0.25, 0.3) is 0 Å². The number of allylic oxidation sites excluding steroid dienone is 2. The molecule has 1 aromatic rings. The Kier molecular flexibility index (Phi) is 5.90. The first-order valence-electron chi connectivity index (χ1n) is 5.92. The Balaban J connectivity index is 2.71. The van der Waals surface area contributed by atoms with Crippen LogP contribution in [0.5, 0.6) is 0 Å². The van der Waals surface area contributed by atoms with Gasteiger partial charge in [-0.05, 0) is 31.2 Å². The van der Waals surface area contributed by atoms with Gasteiger partial charge in [0.2, 0.25) is 0 Å². The van der Waals surface area contributed by atoms with Crippen LogP contribution in [0.2, 0.25) is 0 Å². The van der Waals surface area contributed by atoms with E-state index in [0.717, 1.165) is 5.69 Å². The highest BCUT2D eigenvalue weighted by atomic mass is 16.5. The second kappa shape index (κ2) is 7.72. The van der Waals surface area contributed by atoms with Gasteiger partial charge in [0.15, 0.2) is 0 Å². The minimum absolute atomic E-state index is 0.0143. The molecule has 0 N–H and O–H groups in total. The number of hydrogen-bond donors (Lipinski definition) is 0. The van der Waals surface area contributed by atoms with Gasteiger partial charge in [-0.15, -0.1) is 0 Å². The van der Waals surface area contributed by atoms with Crippen LogP contribution in [0.4, 0.5) is 5.69 Å². The van der Waals surface area contributed by atoms with Crippen molar-refractivity contribution in [1.29, 1.82) is 5.26 Å². The van der Waals surface area contributed by atoms with E-state index < -0.39 is 5.97 Å². The van der Waals surface area contributed by atoms with E-state index >= 15 is 0 Å². The maximum absolute atomic E-state index is 11.4. The quantitative estimate of drug-likeness (QED) is 0.352. The van der Waals surface area contributed by atoms with Crippen LogP contribution in [0.15, 0.2) is 54.3 Å². The van der Waals surface area contributed by atoms with Gasteiger partial charge in [-0.2, -0.15) is 5.26 Å². The normalized spacial score (nSPS) is 11.1. The highest BCUT2D eigenvalue weighted by Crippen LogP contribution is 2.11. The van der Waals surface area contributed by atoms with Crippen LogP contribution < -0.4 is 4.90 Å². The highest BCUT2D eigenvalue weighted by molar-refractivity contribution is 5.93. The molecule has 0 aliphatic rings. The molecule has 0 fully saturated rings. The molecule has 0 heterocycles. The van der Waals surface area contributed by atoms with Crippen LogP contribution >= 0.6 is 0 Å². The van der Waals surface area contributed by atoms with Gasteiger partial charge in [0.1, 0.15) is 11.6 Å². The van der Waals surface area contributed by atoms with Gasteiger partial charge in [0, 0.05) is 18.9 Å². The molecule has 1 aromatic carbocycles. The molecule has 0 aliphatic carbocycles. The average molecular weight is 256 g/mol. The number of nitrogens with zero attached hydrogens (tertiary/aromatic N) is 2. The fraction of sp³-hybridized carbons (Fsp3) is 0.200. The van der Waals surface area contributed by atoms with Gasteiger partial charge in [-0.25, -0.2) is 4.79 Å². The Morgan fingerprint density at radius 2 is 2.11 bits per heavy atom. The zero-order chi connectivity index (χ0) is 14.1. The first-order valence-corrected chi connectivity index (χ1v) is 5.92. The van der Waals surface area contributed by atoms with Crippen LogP contribution in [0.3, 0.4) is 0 Å². The van der Waals surface area contributed by atoms with E-state index in [-0.39, 0.29) is 12.2 Å². The Hall–Kier alpha value is -2.54. The van der Waals surface area contributed by atoms with E-state index in [0.29, 0.717) is 0 Å². The van der Waals surface area contributed by atoms with Crippen LogP contribution in [0.25, 0.3) is 0 Å². The van der Waals surface area contributed by atoms with Crippen molar-refractivity contribution in [2.45, 2.75) is 6.92 Å². The molecule has 0 bridgehead atoms. The number of esters is 1. The fourth-order valence-corrected chi connectivity index (χ4v) is 1.38. The molecule has 0 unspecified atom stereocenters. The summed E-state index contributed by atoms with van der Waals surface area (Å²) in [6.45, 7) is 1.96. The molecule has 98 valence electrons. The van der Waals surface area contributed by atoms with Gasteiger partial charge in [-0.3, -0.25) is 0 Å². The third kappa shape index (κ3) is 4.68. The molecular weight excluding hydrogens is 240 g/mol. The summed E-state index contributed by atoms with van der Waals surface area (Å²) in [7, 11) is 1.89. The molecule has 1 rings (SSSR count). The summed E-state index contributed by atoms with van der Waals surface area (Å²) in [6.07, 6.45) is 4.85. The van der Waals surface area contributed by atoms with E-state index in [1.807, 2.05) is 48.3 Å². The summed E-state index contributed by atoms with van der Waals surface area (Å²) in [5, 5.41) is 8.84. The minimum atomic E-state index is -0.600. The van der Waals surface area contributed by atoms with E-state index in [2.05, 4.69) is 0 Å². The number of rotatable bonds is 5. The third-order valence-corrected chi connectivity index (χ3v) is 2.35. The standard InChI is InChI=1S/C15H16N2O2/c1-3-19-15(18)13(12-16)8-7-11-17(2)14-9-5-4-6-10-14/h4-11H,3H2,1-2H3/b11-7+,13-8+. The lowest BCUT2D eigenvalue weighted by molar-refractivity contribution is -0.138. The van der Waals surface area contributed by atoms with Gasteiger partial charge in [0.05, 0.1) is 6.61 Å². The first-order chi connectivity index (χ1) is 9.19. The molecule has 0 amide bonds. The molecule has 0 radical (unpaired) electrons. The number of benzene rings is 1. The predicted molar refractivity (Wildman–Crippen MR) is 74.3 cm³/mol. The summed E-state index contributed by atoms with van der Waals surface area (Å²) >= 11 is 0. The average Bonchev–Trinajstić information content (AvgIpc) is 2.44. The van der Waals surface area contributed by atoms with E-state index in [1.54, 1.807) is 19.2 Å². The summed E-state index contributed by atoms with van der Waals surface area (Å²) in [6, 6.07) is 11.6. The Bertz CT molecular complexity index is 513.